The second-order valence-electron chi connectivity index (χ2n) is 3.98. The van der Waals surface area contributed by atoms with Crippen molar-refractivity contribution in [3.8, 4) is 0 Å². The van der Waals surface area contributed by atoms with Crippen molar-refractivity contribution in [3.05, 3.63) is 54.0 Å². The molecule has 0 aliphatic rings. The average molecular weight is 306 g/mol. The number of carboxylic acid groups (broad SMARTS) is 1. The molecular formula is C14H11FN2O3S. The van der Waals surface area contributed by atoms with Gasteiger partial charge in [0.2, 0.25) is 5.91 Å². The third kappa shape index (κ3) is 4.03. The third-order valence-electron chi connectivity index (χ3n) is 2.49. The number of halogens is 1. The van der Waals surface area contributed by atoms with E-state index in [-0.39, 0.29) is 22.0 Å². The molecule has 0 saturated heterocycles. The van der Waals surface area contributed by atoms with E-state index in [1.807, 2.05) is 0 Å². The molecule has 7 heteroatoms. The number of thioether (sulfide) groups is 1. The highest BCUT2D eigenvalue weighted by atomic mass is 32.2. The maximum absolute atomic E-state index is 13.4. The number of carbonyl (C=O) groups excluding carboxylic acids is 1. The van der Waals surface area contributed by atoms with Crippen LogP contribution in [0.5, 0.6) is 0 Å². The molecule has 21 heavy (non-hydrogen) atoms. The first-order chi connectivity index (χ1) is 10.1. The van der Waals surface area contributed by atoms with Crippen molar-refractivity contribution in [2.24, 2.45) is 0 Å². The molecule has 0 aliphatic carbocycles. The number of nitrogens with one attached hydrogen (secondary N) is 1. The number of aromatic nitrogens is 1. The van der Waals surface area contributed by atoms with Crippen LogP contribution in [-0.2, 0) is 4.79 Å². The molecule has 0 bridgehead atoms. The van der Waals surface area contributed by atoms with Crippen LogP contribution in [0.1, 0.15) is 10.4 Å². The first kappa shape index (κ1) is 15.0. The summed E-state index contributed by atoms with van der Waals surface area (Å²) in [6.07, 6.45) is 1.45. The molecule has 1 heterocycles. The molecule has 0 aliphatic heterocycles. The lowest BCUT2D eigenvalue weighted by atomic mass is 10.3. The minimum Gasteiger partial charge on any atom is -0.478 e. The molecule has 2 N–H and O–H groups in total. The van der Waals surface area contributed by atoms with Crippen LogP contribution >= 0.6 is 11.8 Å². The summed E-state index contributed by atoms with van der Waals surface area (Å²) in [6.45, 7) is 0. The Balaban J connectivity index is 1.99. The van der Waals surface area contributed by atoms with Gasteiger partial charge >= 0.3 is 5.97 Å². The van der Waals surface area contributed by atoms with E-state index in [1.165, 1.54) is 36.5 Å². The molecule has 0 radical (unpaired) electrons. The van der Waals surface area contributed by atoms with E-state index in [1.54, 1.807) is 6.07 Å². The fraction of sp³-hybridized carbons (Fsp3) is 0.0714. The van der Waals surface area contributed by atoms with Gasteiger partial charge in [-0.2, -0.15) is 0 Å². The molecular weight excluding hydrogens is 295 g/mol. The molecule has 0 saturated carbocycles. The van der Waals surface area contributed by atoms with Gasteiger partial charge in [0.05, 0.1) is 17.0 Å². The molecule has 1 aromatic heterocycles. The average Bonchev–Trinajstić information content (AvgIpc) is 2.48. The first-order valence-corrected chi connectivity index (χ1v) is 6.92. The Bertz CT molecular complexity index is 679. The van der Waals surface area contributed by atoms with Crippen LogP contribution in [0.4, 0.5) is 10.1 Å². The van der Waals surface area contributed by atoms with E-state index in [4.69, 9.17) is 5.11 Å². The van der Waals surface area contributed by atoms with E-state index in [9.17, 15) is 14.0 Å². The zero-order valence-corrected chi connectivity index (χ0v) is 11.6. The highest BCUT2D eigenvalue weighted by Gasteiger charge is 2.13. The highest BCUT2D eigenvalue weighted by Crippen LogP contribution is 2.20. The van der Waals surface area contributed by atoms with Crippen LogP contribution < -0.4 is 5.32 Å². The van der Waals surface area contributed by atoms with Gasteiger partial charge in [0.1, 0.15) is 10.8 Å². The second-order valence-corrected chi connectivity index (χ2v) is 4.94. The Morgan fingerprint density at radius 1 is 1.24 bits per heavy atom. The van der Waals surface area contributed by atoms with Crippen LogP contribution in [-0.4, -0.2) is 27.7 Å². The zero-order chi connectivity index (χ0) is 15.2. The number of hydrogen-bond acceptors (Lipinski definition) is 4. The van der Waals surface area contributed by atoms with E-state index >= 15 is 0 Å². The van der Waals surface area contributed by atoms with Crippen LogP contribution in [0.2, 0.25) is 0 Å². The van der Waals surface area contributed by atoms with Crippen LogP contribution in [0.25, 0.3) is 0 Å². The number of nitrogens with zero attached hydrogens (tertiary/aromatic N) is 1. The number of carboxylic acids is 1. The standard InChI is InChI=1S/C14H11FN2O3S/c15-10-5-1-2-6-11(10)17-12(18)8-21-13-9(14(19)20)4-3-7-16-13/h1-7H,8H2,(H,17,18)(H,19,20). The van der Waals surface area contributed by atoms with Crippen molar-refractivity contribution in [2.45, 2.75) is 5.03 Å². The number of rotatable bonds is 5. The quantitative estimate of drug-likeness (QED) is 0.830. The summed E-state index contributed by atoms with van der Waals surface area (Å²) in [5.41, 5.74) is 0.115. The van der Waals surface area contributed by atoms with Crippen LogP contribution in [0, 0.1) is 5.82 Å². The molecule has 1 amide bonds. The van der Waals surface area contributed by atoms with Gasteiger partial charge in [-0.3, -0.25) is 4.79 Å². The largest absolute Gasteiger partial charge is 0.478 e. The molecule has 108 valence electrons. The highest BCUT2D eigenvalue weighted by molar-refractivity contribution is 8.00. The number of benzene rings is 1. The Morgan fingerprint density at radius 2 is 2.00 bits per heavy atom. The second kappa shape index (κ2) is 6.85. The normalized spacial score (nSPS) is 10.1. The van der Waals surface area contributed by atoms with Gasteiger partial charge in [0.15, 0.2) is 0 Å². The van der Waals surface area contributed by atoms with Gasteiger partial charge in [-0.25, -0.2) is 14.2 Å². The summed E-state index contributed by atoms with van der Waals surface area (Å²) in [6, 6.07) is 8.73. The number of hydrogen-bond donors (Lipinski definition) is 2. The number of anilines is 1. The molecule has 0 fully saturated rings. The van der Waals surface area contributed by atoms with E-state index in [0.717, 1.165) is 11.8 Å². The van der Waals surface area contributed by atoms with Gasteiger partial charge in [0, 0.05) is 6.20 Å². The van der Waals surface area contributed by atoms with E-state index < -0.39 is 17.7 Å². The van der Waals surface area contributed by atoms with Gasteiger partial charge in [-0.15, -0.1) is 0 Å². The van der Waals surface area contributed by atoms with Crippen molar-refractivity contribution in [2.75, 3.05) is 11.1 Å². The number of carbonyl (C=O) groups is 2. The fourth-order valence-corrected chi connectivity index (χ4v) is 2.34. The molecule has 5 nitrogen and oxygen atoms in total. The molecule has 0 spiro atoms. The topological polar surface area (TPSA) is 79.3 Å². The lowest BCUT2D eigenvalue weighted by Crippen LogP contribution is -2.15. The van der Waals surface area contributed by atoms with Gasteiger partial charge in [-0.05, 0) is 24.3 Å². The Morgan fingerprint density at radius 3 is 2.71 bits per heavy atom. The van der Waals surface area contributed by atoms with Crippen LogP contribution in [0.3, 0.4) is 0 Å². The Labute approximate surface area is 124 Å². The number of amides is 1. The predicted octanol–water partition coefficient (Wildman–Crippen LogP) is 2.65. The molecule has 2 aromatic rings. The molecule has 0 atom stereocenters. The van der Waals surface area contributed by atoms with E-state index in [0.29, 0.717) is 0 Å². The van der Waals surface area contributed by atoms with Crippen LogP contribution in [0.15, 0.2) is 47.6 Å². The van der Waals surface area contributed by atoms with Gasteiger partial charge in [0.25, 0.3) is 0 Å². The van der Waals surface area contributed by atoms with Gasteiger partial charge in [-0.1, -0.05) is 23.9 Å². The van der Waals surface area contributed by atoms with Crippen molar-refractivity contribution >= 4 is 29.3 Å². The third-order valence-corrected chi connectivity index (χ3v) is 3.49. The minimum absolute atomic E-state index is 0.0289. The summed E-state index contributed by atoms with van der Waals surface area (Å²) in [5.74, 6) is -2.14. The Hall–Kier alpha value is -2.41. The molecule has 1 aromatic carbocycles. The van der Waals surface area contributed by atoms with Crippen molar-refractivity contribution in [3.63, 3.8) is 0 Å². The minimum atomic E-state index is -1.11. The Kier molecular flexibility index (Phi) is 4.89. The smallest absolute Gasteiger partial charge is 0.338 e. The predicted molar refractivity (Wildman–Crippen MR) is 77.0 cm³/mol. The summed E-state index contributed by atoms with van der Waals surface area (Å²) in [5, 5.41) is 11.7. The lowest BCUT2D eigenvalue weighted by molar-refractivity contribution is -0.113. The lowest BCUT2D eigenvalue weighted by Gasteiger charge is -2.07. The van der Waals surface area contributed by atoms with E-state index in [2.05, 4.69) is 10.3 Å². The maximum Gasteiger partial charge on any atom is 0.338 e. The monoisotopic (exact) mass is 306 g/mol. The zero-order valence-electron chi connectivity index (χ0n) is 10.7. The fourth-order valence-electron chi connectivity index (χ4n) is 1.55. The van der Waals surface area contributed by atoms with Crippen molar-refractivity contribution < 1.29 is 19.1 Å². The number of para-hydroxylation sites is 1. The molecule has 2 rings (SSSR count). The summed E-state index contributed by atoms with van der Waals surface area (Å²) in [4.78, 5) is 26.7. The number of pyridine rings is 1. The molecule has 0 unspecified atom stereocenters. The van der Waals surface area contributed by atoms with Crippen molar-refractivity contribution in [1.29, 1.82) is 0 Å². The number of aromatic carboxylic acids is 1. The first-order valence-electron chi connectivity index (χ1n) is 5.93. The summed E-state index contributed by atoms with van der Waals surface area (Å²) < 4.78 is 13.4. The van der Waals surface area contributed by atoms with Gasteiger partial charge < -0.3 is 10.4 Å². The maximum atomic E-state index is 13.4. The SMILES string of the molecule is O=C(CSc1ncccc1C(=O)O)Nc1ccccc1F. The summed E-state index contributed by atoms with van der Waals surface area (Å²) in [7, 11) is 0. The summed E-state index contributed by atoms with van der Waals surface area (Å²) >= 11 is 0.982. The van der Waals surface area contributed by atoms with Crippen molar-refractivity contribution in [1.82, 2.24) is 4.98 Å².